The van der Waals surface area contributed by atoms with Gasteiger partial charge in [0.1, 0.15) is 11.5 Å². The molecule has 9 heteroatoms. The highest BCUT2D eigenvalue weighted by molar-refractivity contribution is 5.85. The van der Waals surface area contributed by atoms with Gasteiger partial charge in [-0.15, -0.1) is 0 Å². The van der Waals surface area contributed by atoms with Crippen molar-refractivity contribution in [1.82, 2.24) is 15.0 Å². The van der Waals surface area contributed by atoms with E-state index < -0.39 is 17.9 Å². The topological polar surface area (TPSA) is 78.3 Å². The predicted molar refractivity (Wildman–Crippen MR) is 127 cm³/mol. The van der Waals surface area contributed by atoms with Crippen LogP contribution in [0.15, 0.2) is 60.7 Å². The summed E-state index contributed by atoms with van der Waals surface area (Å²) in [7, 11) is 0. The van der Waals surface area contributed by atoms with Crippen LogP contribution in [0.5, 0.6) is 5.88 Å². The van der Waals surface area contributed by atoms with Crippen LogP contribution in [-0.2, 0) is 6.42 Å². The van der Waals surface area contributed by atoms with E-state index >= 15 is 0 Å². The zero-order valence-corrected chi connectivity index (χ0v) is 18.7. The Bertz CT molecular complexity index is 1380. The molecule has 2 aromatic carbocycles. The molecule has 0 aliphatic heterocycles. The number of anilines is 1. The Balaban J connectivity index is 1.78. The van der Waals surface area contributed by atoms with E-state index in [2.05, 4.69) is 19.8 Å². The number of alkyl halides is 2. The third kappa shape index (κ3) is 5.55. The quantitative estimate of drug-likeness (QED) is 0.315. The van der Waals surface area contributed by atoms with Crippen molar-refractivity contribution in [3.63, 3.8) is 0 Å². The van der Waals surface area contributed by atoms with E-state index in [0.29, 0.717) is 40.2 Å². The predicted octanol–water partition coefficient (Wildman–Crippen LogP) is 6.35. The first-order chi connectivity index (χ1) is 16.8. The second-order valence-corrected chi connectivity index (χ2v) is 7.72. The molecule has 4 aromatic rings. The normalized spacial score (nSPS) is 10.9. The fourth-order valence-corrected chi connectivity index (χ4v) is 3.59. The van der Waals surface area contributed by atoms with Crippen molar-refractivity contribution in [2.24, 2.45) is 0 Å². The molecule has 176 valence electrons. The Labute approximate surface area is 200 Å². The molecule has 6 nitrogen and oxygen atoms in total. The fraction of sp³-hybridized carbons (Fsp3) is 0.154. The van der Waals surface area contributed by atoms with E-state index in [0.717, 1.165) is 5.56 Å². The molecule has 0 saturated carbocycles. The molecule has 0 saturated heterocycles. The van der Waals surface area contributed by atoms with Gasteiger partial charge in [0, 0.05) is 17.7 Å². The molecule has 0 spiro atoms. The molecule has 0 atom stereocenters. The summed E-state index contributed by atoms with van der Waals surface area (Å²) >= 11 is 0. The summed E-state index contributed by atoms with van der Waals surface area (Å²) in [4.78, 5) is 15.8. The first-order valence-corrected chi connectivity index (χ1v) is 10.6. The third-order valence-corrected chi connectivity index (χ3v) is 5.19. The monoisotopic (exact) mass is 475 g/mol. The van der Waals surface area contributed by atoms with E-state index in [1.165, 1.54) is 30.3 Å². The zero-order chi connectivity index (χ0) is 24.9. The number of aromatic nitrogens is 3. The Hall–Kier alpha value is -4.45. The Kier molecular flexibility index (Phi) is 6.92. The van der Waals surface area contributed by atoms with Gasteiger partial charge in [0.15, 0.2) is 5.69 Å². The van der Waals surface area contributed by atoms with Crippen molar-refractivity contribution >= 4 is 11.6 Å². The van der Waals surface area contributed by atoms with Gasteiger partial charge in [0.2, 0.25) is 11.8 Å². The molecular weight excluding hydrogens is 455 g/mol. The maximum absolute atomic E-state index is 13.6. The van der Waals surface area contributed by atoms with E-state index in [1.54, 1.807) is 25.1 Å². The molecule has 2 heterocycles. The van der Waals surface area contributed by atoms with Crippen LogP contribution in [0.25, 0.3) is 27.2 Å². The third-order valence-electron chi connectivity index (χ3n) is 5.19. The number of nitrogen functional groups attached to an aromatic ring is 1. The molecule has 0 aliphatic rings. The number of aryl methyl sites for hydroxylation is 1. The van der Waals surface area contributed by atoms with Gasteiger partial charge in [-0.1, -0.05) is 24.3 Å². The molecule has 2 aromatic heterocycles. The van der Waals surface area contributed by atoms with Gasteiger partial charge in [-0.3, -0.25) is 4.98 Å². The average molecular weight is 475 g/mol. The van der Waals surface area contributed by atoms with Crippen molar-refractivity contribution in [3.8, 4) is 28.3 Å². The van der Waals surface area contributed by atoms with Gasteiger partial charge < -0.3 is 10.5 Å². The van der Waals surface area contributed by atoms with Gasteiger partial charge in [-0.25, -0.2) is 23.0 Å². The van der Waals surface area contributed by atoms with Crippen LogP contribution in [0, 0.1) is 19.3 Å². The number of ether oxygens (including phenoxy) is 1. The average Bonchev–Trinajstić information content (AvgIpc) is 2.84. The molecule has 0 aliphatic carbocycles. The molecule has 0 fully saturated rings. The molecule has 2 N–H and O–H groups in total. The first kappa shape index (κ1) is 23.7. The van der Waals surface area contributed by atoms with Crippen molar-refractivity contribution in [3.05, 3.63) is 94.8 Å². The molecule has 35 heavy (non-hydrogen) atoms. The Morgan fingerprint density at radius 1 is 0.971 bits per heavy atom. The molecule has 0 unspecified atom stereocenters. The van der Waals surface area contributed by atoms with E-state index in [4.69, 9.17) is 17.0 Å². The summed E-state index contributed by atoms with van der Waals surface area (Å²) < 4.78 is 46.6. The summed E-state index contributed by atoms with van der Waals surface area (Å²) in [5.74, 6) is -0.400. The largest absolute Gasteiger partial charge is 0.477 e. The maximum Gasteiger partial charge on any atom is 0.280 e. The SMILES string of the molecule is [C-]#[N+]c1ccc(CCOc2nc(N)nc(-c3ccc(F)cc3)c2-c2cc(C)nc(C(F)F)c2)cc1. The highest BCUT2D eigenvalue weighted by atomic mass is 19.3. The lowest BCUT2D eigenvalue weighted by molar-refractivity contribution is 0.146. The fourth-order valence-electron chi connectivity index (χ4n) is 3.59. The zero-order valence-electron chi connectivity index (χ0n) is 18.7. The number of hydrogen-bond acceptors (Lipinski definition) is 5. The van der Waals surface area contributed by atoms with Gasteiger partial charge in [-0.2, -0.15) is 4.98 Å². The Morgan fingerprint density at radius 3 is 2.34 bits per heavy atom. The summed E-state index contributed by atoms with van der Waals surface area (Å²) in [6.07, 6.45) is -2.27. The minimum Gasteiger partial charge on any atom is -0.477 e. The number of pyridine rings is 1. The van der Waals surface area contributed by atoms with Gasteiger partial charge in [0.05, 0.1) is 24.4 Å². The van der Waals surface area contributed by atoms with Gasteiger partial charge in [0.25, 0.3) is 6.43 Å². The van der Waals surface area contributed by atoms with Crippen LogP contribution in [0.3, 0.4) is 0 Å². The van der Waals surface area contributed by atoms with Crippen LogP contribution in [0.1, 0.15) is 23.4 Å². The standard InChI is InChI=1S/C26H20F3N5O/c1-15-13-18(14-21(32-15)24(28)29)22-23(17-5-7-19(27)8-6-17)33-26(30)34-25(22)35-12-11-16-3-9-20(31-2)10-4-16/h3-10,13-14,24H,11-12H2,1H3,(H2,30,33,34). The maximum atomic E-state index is 13.6. The minimum absolute atomic E-state index is 0.0793. The lowest BCUT2D eigenvalue weighted by Crippen LogP contribution is -2.08. The molecule has 4 rings (SSSR count). The summed E-state index contributed by atoms with van der Waals surface area (Å²) in [6.45, 7) is 8.86. The van der Waals surface area contributed by atoms with Crippen LogP contribution < -0.4 is 10.5 Å². The second kappa shape index (κ2) is 10.2. The number of nitrogens with two attached hydrogens (primary N) is 1. The second-order valence-electron chi connectivity index (χ2n) is 7.72. The number of rotatable bonds is 7. The summed E-state index contributed by atoms with van der Waals surface area (Å²) in [6, 6.07) is 15.6. The minimum atomic E-state index is -2.78. The van der Waals surface area contributed by atoms with Crippen LogP contribution in [0.2, 0.25) is 0 Å². The molecule has 0 radical (unpaired) electrons. The van der Waals surface area contributed by atoms with Gasteiger partial charge >= 0.3 is 0 Å². The van der Waals surface area contributed by atoms with Crippen molar-refractivity contribution < 1.29 is 17.9 Å². The lowest BCUT2D eigenvalue weighted by atomic mass is 9.99. The summed E-state index contributed by atoms with van der Waals surface area (Å²) in [5.41, 5.74) is 8.99. The molecule has 0 bridgehead atoms. The van der Waals surface area contributed by atoms with E-state index in [1.807, 2.05) is 12.1 Å². The van der Waals surface area contributed by atoms with Crippen LogP contribution in [0.4, 0.5) is 24.8 Å². The van der Waals surface area contributed by atoms with Crippen molar-refractivity contribution in [1.29, 1.82) is 0 Å². The van der Waals surface area contributed by atoms with Crippen molar-refractivity contribution in [2.75, 3.05) is 12.3 Å². The molecule has 0 amide bonds. The van der Waals surface area contributed by atoms with E-state index in [-0.39, 0.29) is 18.4 Å². The number of nitrogens with zero attached hydrogens (tertiary/aromatic N) is 4. The molecular formula is C26H20F3N5O. The lowest BCUT2D eigenvalue weighted by Gasteiger charge is -2.16. The highest BCUT2D eigenvalue weighted by Gasteiger charge is 2.21. The number of benzene rings is 2. The van der Waals surface area contributed by atoms with Crippen LogP contribution in [-0.4, -0.2) is 21.6 Å². The number of halogens is 3. The van der Waals surface area contributed by atoms with Crippen LogP contribution >= 0.6 is 0 Å². The highest BCUT2D eigenvalue weighted by Crippen LogP contribution is 2.39. The summed E-state index contributed by atoms with van der Waals surface area (Å²) in [5, 5.41) is 0. The van der Waals surface area contributed by atoms with Gasteiger partial charge in [-0.05, 0) is 54.4 Å². The smallest absolute Gasteiger partial charge is 0.280 e. The Morgan fingerprint density at radius 2 is 1.69 bits per heavy atom. The first-order valence-electron chi connectivity index (χ1n) is 10.6. The van der Waals surface area contributed by atoms with Crippen molar-refractivity contribution in [2.45, 2.75) is 19.8 Å². The number of hydrogen-bond donors (Lipinski definition) is 1. The van der Waals surface area contributed by atoms with E-state index in [9.17, 15) is 13.2 Å².